The number of hydrogen-bond acceptors (Lipinski definition) is 3. The molecule has 1 N–H and O–H groups in total. The van der Waals surface area contributed by atoms with Crippen molar-refractivity contribution in [1.29, 1.82) is 0 Å². The maximum atomic E-state index is 5.94. The highest BCUT2D eigenvalue weighted by atomic mass is 16.5. The Labute approximate surface area is 134 Å². The monoisotopic (exact) mass is 309 g/mol. The number of nitrogens with zero attached hydrogens (tertiary/aromatic N) is 2. The van der Waals surface area contributed by atoms with Crippen molar-refractivity contribution in [1.82, 2.24) is 10.2 Å². The van der Waals surface area contributed by atoms with Crippen LogP contribution in [0.5, 0.6) is 0 Å². The Morgan fingerprint density at radius 3 is 2.77 bits per heavy atom. The first-order valence-electron chi connectivity index (χ1n) is 9.13. The molecule has 3 rings (SSSR count). The maximum Gasteiger partial charge on any atom is 0.194 e. The number of morpholine rings is 1. The summed E-state index contributed by atoms with van der Waals surface area (Å²) in [6.45, 7) is 7.50. The second kappa shape index (κ2) is 8.16. The van der Waals surface area contributed by atoms with Gasteiger partial charge in [-0.25, -0.2) is 0 Å². The topological polar surface area (TPSA) is 46.1 Å². The van der Waals surface area contributed by atoms with Gasteiger partial charge in [0.2, 0.25) is 0 Å². The summed E-state index contributed by atoms with van der Waals surface area (Å²) in [7, 11) is 0. The maximum absolute atomic E-state index is 5.94. The van der Waals surface area contributed by atoms with Gasteiger partial charge in [0.05, 0.1) is 12.7 Å². The van der Waals surface area contributed by atoms with Gasteiger partial charge in [0.25, 0.3) is 0 Å². The first kappa shape index (κ1) is 16.1. The van der Waals surface area contributed by atoms with Crippen molar-refractivity contribution in [3.05, 3.63) is 0 Å². The Balaban J connectivity index is 1.50. The molecule has 3 aliphatic rings. The molecule has 2 saturated heterocycles. The lowest BCUT2D eigenvalue weighted by molar-refractivity contribution is -0.0817. The fourth-order valence-electron chi connectivity index (χ4n) is 3.39. The van der Waals surface area contributed by atoms with Crippen molar-refractivity contribution in [3.8, 4) is 0 Å². The molecule has 3 fully saturated rings. The third-order valence-electron chi connectivity index (χ3n) is 4.84. The van der Waals surface area contributed by atoms with Crippen molar-refractivity contribution in [3.63, 3.8) is 0 Å². The molecule has 2 unspecified atom stereocenters. The van der Waals surface area contributed by atoms with E-state index in [0.29, 0.717) is 0 Å². The zero-order valence-corrected chi connectivity index (χ0v) is 13.9. The molecule has 2 aliphatic heterocycles. The Morgan fingerprint density at radius 2 is 2.05 bits per heavy atom. The zero-order valence-electron chi connectivity index (χ0n) is 13.9. The molecule has 0 aromatic rings. The third-order valence-corrected chi connectivity index (χ3v) is 4.84. The number of ether oxygens (including phenoxy) is 2. The van der Waals surface area contributed by atoms with Gasteiger partial charge < -0.3 is 19.7 Å². The van der Waals surface area contributed by atoms with Crippen LogP contribution in [-0.2, 0) is 9.47 Å². The van der Waals surface area contributed by atoms with Crippen molar-refractivity contribution in [2.45, 2.75) is 57.7 Å². The van der Waals surface area contributed by atoms with E-state index in [1.807, 2.05) is 0 Å². The van der Waals surface area contributed by atoms with Crippen LogP contribution in [0.2, 0.25) is 0 Å². The molecule has 0 amide bonds. The molecular weight excluding hydrogens is 278 g/mol. The lowest BCUT2D eigenvalue weighted by Gasteiger charge is -2.37. The van der Waals surface area contributed by atoms with Crippen LogP contribution in [0.15, 0.2) is 4.99 Å². The van der Waals surface area contributed by atoms with Crippen LogP contribution in [0.3, 0.4) is 0 Å². The van der Waals surface area contributed by atoms with Gasteiger partial charge in [0, 0.05) is 32.8 Å². The molecule has 0 bridgehead atoms. The second-order valence-electron chi connectivity index (χ2n) is 6.73. The first-order chi connectivity index (χ1) is 10.9. The molecule has 5 heteroatoms. The summed E-state index contributed by atoms with van der Waals surface area (Å²) in [5.74, 6) is 2.06. The van der Waals surface area contributed by atoms with Crippen LogP contribution < -0.4 is 5.32 Å². The summed E-state index contributed by atoms with van der Waals surface area (Å²) in [6, 6.07) is 0. The van der Waals surface area contributed by atoms with Gasteiger partial charge in [0.1, 0.15) is 6.10 Å². The average Bonchev–Trinajstić information content (AvgIpc) is 3.21. The first-order valence-corrected chi connectivity index (χ1v) is 9.13. The molecule has 5 nitrogen and oxygen atoms in total. The van der Waals surface area contributed by atoms with Gasteiger partial charge in [0.15, 0.2) is 5.96 Å². The standard InChI is InChI=1S/C17H31N3O2/c1-2-18-17(19-9-3-5-14-7-8-14)20-10-12-22-16(13-20)15-6-4-11-21-15/h14-16H,2-13H2,1H3,(H,18,19). The van der Waals surface area contributed by atoms with E-state index in [1.165, 1.54) is 32.1 Å². The predicted octanol–water partition coefficient (Wildman–Crippen LogP) is 2.02. The number of aliphatic imine (C=N–C) groups is 1. The summed E-state index contributed by atoms with van der Waals surface area (Å²) < 4.78 is 11.7. The van der Waals surface area contributed by atoms with Crippen LogP contribution in [0.4, 0.5) is 0 Å². The number of rotatable bonds is 6. The van der Waals surface area contributed by atoms with Crippen LogP contribution in [0, 0.1) is 5.92 Å². The summed E-state index contributed by atoms with van der Waals surface area (Å²) in [4.78, 5) is 7.19. The van der Waals surface area contributed by atoms with Gasteiger partial charge in [-0.1, -0.05) is 12.8 Å². The largest absolute Gasteiger partial charge is 0.375 e. The molecule has 0 radical (unpaired) electrons. The van der Waals surface area contributed by atoms with E-state index in [0.717, 1.165) is 57.7 Å². The van der Waals surface area contributed by atoms with Crippen molar-refractivity contribution in [2.75, 3.05) is 39.4 Å². The molecule has 0 spiro atoms. The van der Waals surface area contributed by atoms with E-state index in [9.17, 15) is 0 Å². The van der Waals surface area contributed by atoms with E-state index < -0.39 is 0 Å². The number of guanidine groups is 1. The highest BCUT2D eigenvalue weighted by Crippen LogP contribution is 2.33. The molecule has 1 aliphatic carbocycles. The highest BCUT2D eigenvalue weighted by molar-refractivity contribution is 5.80. The lowest BCUT2D eigenvalue weighted by atomic mass is 10.1. The molecule has 2 heterocycles. The summed E-state index contributed by atoms with van der Waals surface area (Å²) in [6.07, 6.45) is 8.23. The third kappa shape index (κ3) is 4.59. The SMILES string of the molecule is CCNC(=NCCCC1CC1)N1CCOC(C2CCCO2)C1. The quantitative estimate of drug-likeness (QED) is 0.463. The second-order valence-corrected chi connectivity index (χ2v) is 6.73. The summed E-state index contributed by atoms with van der Waals surface area (Å²) >= 11 is 0. The normalized spacial score (nSPS) is 29.9. The van der Waals surface area contributed by atoms with E-state index in [2.05, 4.69) is 17.1 Å². The van der Waals surface area contributed by atoms with Gasteiger partial charge in [-0.05, 0) is 38.5 Å². The van der Waals surface area contributed by atoms with E-state index in [-0.39, 0.29) is 12.2 Å². The minimum absolute atomic E-state index is 0.201. The number of hydrogen-bond donors (Lipinski definition) is 1. The van der Waals surface area contributed by atoms with E-state index in [1.54, 1.807) is 0 Å². The van der Waals surface area contributed by atoms with Gasteiger partial charge in [-0.15, -0.1) is 0 Å². The smallest absolute Gasteiger partial charge is 0.194 e. The minimum Gasteiger partial charge on any atom is -0.375 e. The molecule has 1 saturated carbocycles. The van der Waals surface area contributed by atoms with Gasteiger partial charge in [-0.3, -0.25) is 4.99 Å². The summed E-state index contributed by atoms with van der Waals surface area (Å²) in [5, 5.41) is 3.45. The number of nitrogens with one attached hydrogen (secondary N) is 1. The Bertz CT molecular complexity index is 365. The lowest BCUT2D eigenvalue weighted by Crippen LogP contribution is -2.53. The zero-order chi connectivity index (χ0) is 15.2. The van der Waals surface area contributed by atoms with Crippen molar-refractivity contribution in [2.24, 2.45) is 10.9 Å². The molecule has 0 aromatic carbocycles. The molecule has 2 atom stereocenters. The molecule has 0 aromatic heterocycles. The fraction of sp³-hybridized carbons (Fsp3) is 0.941. The van der Waals surface area contributed by atoms with Gasteiger partial charge >= 0.3 is 0 Å². The van der Waals surface area contributed by atoms with Gasteiger partial charge in [-0.2, -0.15) is 0 Å². The predicted molar refractivity (Wildman–Crippen MR) is 88.2 cm³/mol. The fourth-order valence-corrected chi connectivity index (χ4v) is 3.39. The van der Waals surface area contributed by atoms with Crippen LogP contribution >= 0.6 is 0 Å². The highest BCUT2D eigenvalue weighted by Gasteiger charge is 2.32. The van der Waals surface area contributed by atoms with Crippen LogP contribution in [-0.4, -0.2) is 62.5 Å². The van der Waals surface area contributed by atoms with Crippen LogP contribution in [0.1, 0.15) is 45.4 Å². The van der Waals surface area contributed by atoms with Crippen molar-refractivity contribution < 1.29 is 9.47 Å². The van der Waals surface area contributed by atoms with Crippen LogP contribution in [0.25, 0.3) is 0 Å². The van der Waals surface area contributed by atoms with E-state index >= 15 is 0 Å². The van der Waals surface area contributed by atoms with Crippen molar-refractivity contribution >= 4 is 5.96 Å². The Kier molecular flexibility index (Phi) is 5.96. The molecular formula is C17H31N3O2. The van der Waals surface area contributed by atoms with E-state index in [4.69, 9.17) is 14.5 Å². The Hall–Kier alpha value is -0.810. The minimum atomic E-state index is 0.201. The molecule has 126 valence electrons. The summed E-state index contributed by atoms with van der Waals surface area (Å²) in [5.41, 5.74) is 0. The molecule has 22 heavy (non-hydrogen) atoms. The average molecular weight is 309 g/mol. The Morgan fingerprint density at radius 1 is 1.18 bits per heavy atom.